The van der Waals surface area contributed by atoms with Crippen LogP contribution in [-0.2, 0) is 6.54 Å². The first-order valence-electron chi connectivity index (χ1n) is 5.96. The molecule has 4 heteroatoms. The van der Waals surface area contributed by atoms with E-state index in [-0.39, 0.29) is 6.10 Å². The average molecular weight is 240 g/mol. The predicted octanol–water partition coefficient (Wildman–Crippen LogP) is 2.19. The van der Waals surface area contributed by atoms with E-state index in [2.05, 4.69) is 22.3 Å². The third-order valence-electron chi connectivity index (χ3n) is 3.34. The third kappa shape index (κ3) is 2.81. The van der Waals surface area contributed by atoms with Gasteiger partial charge in [-0.1, -0.05) is 12.8 Å². The lowest BCUT2D eigenvalue weighted by Gasteiger charge is -2.34. The van der Waals surface area contributed by atoms with E-state index < -0.39 is 0 Å². The molecule has 1 aromatic rings. The summed E-state index contributed by atoms with van der Waals surface area (Å²) in [5.74, 6) is 0. The van der Waals surface area contributed by atoms with Gasteiger partial charge in [-0.2, -0.15) is 0 Å². The second-order valence-corrected chi connectivity index (χ2v) is 5.75. The Morgan fingerprint density at radius 1 is 1.50 bits per heavy atom. The first-order valence-corrected chi connectivity index (χ1v) is 6.84. The van der Waals surface area contributed by atoms with Crippen LogP contribution in [0, 0.1) is 6.92 Å². The summed E-state index contributed by atoms with van der Waals surface area (Å²) in [5, 5.41) is 13.2. The molecule has 1 heterocycles. The molecule has 0 aliphatic heterocycles. The van der Waals surface area contributed by atoms with Gasteiger partial charge < -0.3 is 5.11 Å². The summed E-state index contributed by atoms with van der Waals surface area (Å²) in [7, 11) is 2.09. The Labute approximate surface area is 101 Å². The number of aryl methyl sites for hydroxylation is 1. The van der Waals surface area contributed by atoms with Crippen LogP contribution in [0.3, 0.4) is 0 Å². The Balaban J connectivity index is 1.93. The molecule has 1 N–H and O–H groups in total. The predicted molar refractivity (Wildman–Crippen MR) is 66.6 cm³/mol. The van der Waals surface area contributed by atoms with Crippen LogP contribution in [0.5, 0.6) is 0 Å². The average Bonchev–Trinajstić information content (AvgIpc) is 2.64. The molecule has 1 aliphatic carbocycles. The van der Waals surface area contributed by atoms with Gasteiger partial charge in [0.15, 0.2) is 0 Å². The van der Waals surface area contributed by atoms with E-state index in [0.717, 1.165) is 30.1 Å². The molecule has 16 heavy (non-hydrogen) atoms. The number of rotatable bonds is 3. The highest BCUT2D eigenvalue weighted by molar-refractivity contribution is 7.09. The van der Waals surface area contributed by atoms with Crippen LogP contribution >= 0.6 is 11.3 Å². The number of aliphatic hydroxyl groups excluding tert-OH is 1. The van der Waals surface area contributed by atoms with Gasteiger partial charge in [0.2, 0.25) is 0 Å². The van der Waals surface area contributed by atoms with Gasteiger partial charge in [-0.15, -0.1) is 11.3 Å². The zero-order chi connectivity index (χ0) is 11.5. The van der Waals surface area contributed by atoms with Crippen LogP contribution in [0.1, 0.15) is 36.4 Å². The topological polar surface area (TPSA) is 36.4 Å². The van der Waals surface area contributed by atoms with E-state index in [9.17, 15) is 5.11 Å². The van der Waals surface area contributed by atoms with Gasteiger partial charge in [-0.3, -0.25) is 4.90 Å². The maximum absolute atomic E-state index is 9.96. The van der Waals surface area contributed by atoms with Gasteiger partial charge in [0.25, 0.3) is 0 Å². The molecule has 0 amide bonds. The van der Waals surface area contributed by atoms with Gasteiger partial charge in [0.1, 0.15) is 0 Å². The maximum atomic E-state index is 9.96. The zero-order valence-electron chi connectivity index (χ0n) is 10.0. The number of hydrogen-bond donors (Lipinski definition) is 1. The smallest absolute Gasteiger partial charge is 0.0897 e. The summed E-state index contributed by atoms with van der Waals surface area (Å²) in [4.78, 5) is 6.71. The highest BCUT2D eigenvalue weighted by atomic mass is 32.1. The lowest BCUT2D eigenvalue weighted by atomic mass is 9.91. The van der Waals surface area contributed by atoms with Crippen molar-refractivity contribution in [3.05, 3.63) is 16.1 Å². The minimum atomic E-state index is -0.154. The van der Waals surface area contributed by atoms with Gasteiger partial charge in [0.05, 0.1) is 16.8 Å². The highest BCUT2D eigenvalue weighted by Crippen LogP contribution is 2.23. The number of likely N-dealkylation sites (N-methyl/N-ethyl adjacent to an activating group) is 1. The largest absolute Gasteiger partial charge is 0.391 e. The fraction of sp³-hybridized carbons (Fsp3) is 0.750. The molecule has 1 aromatic heterocycles. The molecule has 0 aromatic carbocycles. The molecule has 2 unspecified atom stereocenters. The van der Waals surface area contributed by atoms with Gasteiger partial charge in [-0.25, -0.2) is 4.98 Å². The first kappa shape index (κ1) is 12.0. The molecule has 1 fully saturated rings. The van der Waals surface area contributed by atoms with Crippen LogP contribution in [-0.4, -0.2) is 34.2 Å². The van der Waals surface area contributed by atoms with Crippen molar-refractivity contribution in [1.82, 2.24) is 9.88 Å². The molecule has 0 saturated heterocycles. The summed E-state index contributed by atoms with van der Waals surface area (Å²) in [6.07, 6.45) is 4.31. The van der Waals surface area contributed by atoms with Gasteiger partial charge in [-0.05, 0) is 26.8 Å². The highest BCUT2D eigenvalue weighted by Gasteiger charge is 2.26. The molecule has 1 aliphatic rings. The van der Waals surface area contributed by atoms with Crippen molar-refractivity contribution in [2.24, 2.45) is 0 Å². The SMILES string of the molecule is Cc1nc(CN(C)C2CCCCC2O)cs1. The fourth-order valence-electron chi connectivity index (χ4n) is 2.46. The summed E-state index contributed by atoms with van der Waals surface area (Å²) in [6, 6.07) is 0.316. The summed E-state index contributed by atoms with van der Waals surface area (Å²) < 4.78 is 0. The van der Waals surface area contributed by atoms with E-state index in [1.54, 1.807) is 11.3 Å². The Hall–Kier alpha value is -0.450. The van der Waals surface area contributed by atoms with E-state index in [1.807, 2.05) is 6.92 Å². The Morgan fingerprint density at radius 3 is 2.88 bits per heavy atom. The molecule has 0 bridgehead atoms. The molecular weight excluding hydrogens is 220 g/mol. The standard InChI is InChI=1S/C12H20N2OS/c1-9-13-10(8-16-9)7-14(2)11-5-3-4-6-12(11)15/h8,11-12,15H,3-7H2,1-2H3. The van der Waals surface area contributed by atoms with Gasteiger partial charge in [0, 0.05) is 18.0 Å². The fourth-order valence-corrected chi connectivity index (χ4v) is 3.06. The number of hydrogen-bond acceptors (Lipinski definition) is 4. The zero-order valence-corrected chi connectivity index (χ0v) is 10.8. The van der Waals surface area contributed by atoms with Crippen LogP contribution < -0.4 is 0 Å². The number of aromatic nitrogens is 1. The minimum Gasteiger partial charge on any atom is -0.391 e. The van der Waals surface area contributed by atoms with Crippen LogP contribution in [0.15, 0.2) is 5.38 Å². The lowest BCUT2D eigenvalue weighted by molar-refractivity contribution is 0.0284. The van der Waals surface area contributed by atoms with Crippen molar-refractivity contribution in [1.29, 1.82) is 0 Å². The van der Waals surface area contributed by atoms with E-state index in [0.29, 0.717) is 6.04 Å². The molecule has 2 atom stereocenters. The molecular formula is C12H20N2OS. The third-order valence-corrected chi connectivity index (χ3v) is 4.16. The molecule has 1 saturated carbocycles. The summed E-state index contributed by atoms with van der Waals surface area (Å²) in [5.41, 5.74) is 1.13. The summed E-state index contributed by atoms with van der Waals surface area (Å²) in [6.45, 7) is 2.88. The quantitative estimate of drug-likeness (QED) is 0.880. The van der Waals surface area contributed by atoms with Crippen molar-refractivity contribution in [3.8, 4) is 0 Å². The monoisotopic (exact) mass is 240 g/mol. The van der Waals surface area contributed by atoms with Crippen molar-refractivity contribution < 1.29 is 5.11 Å². The van der Waals surface area contributed by atoms with Crippen molar-refractivity contribution >= 4 is 11.3 Å². The van der Waals surface area contributed by atoms with Crippen LogP contribution in [0.4, 0.5) is 0 Å². The lowest BCUT2D eigenvalue weighted by Crippen LogP contribution is -2.42. The minimum absolute atomic E-state index is 0.154. The van der Waals surface area contributed by atoms with Crippen LogP contribution in [0.25, 0.3) is 0 Å². The number of thiazole rings is 1. The summed E-state index contributed by atoms with van der Waals surface area (Å²) >= 11 is 1.69. The Morgan fingerprint density at radius 2 is 2.25 bits per heavy atom. The van der Waals surface area contributed by atoms with E-state index >= 15 is 0 Å². The van der Waals surface area contributed by atoms with E-state index in [1.165, 1.54) is 12.8 Å². The van der Waals surface area contributed by atoms with Crippen molar-refractivity contribution in [2.75, 3.05) is 7.05 Å². The van der Waals surface area contributed by atoms with Crippen molar-refractivity contribution in [2.45, 2.75) is 51.3 Å². The normalized spacial score (nSPS) is 26.2. The molecule has 3 nitrogen and oxygen atoms in total. The van der Waals surface area contributed by atoms with Crippen molar-refractivity contribution in [3.63, 3.8) is 0 Å². The number of nitrogens with zero attached hydrogens (tertiary/aromatic N) is 2. The molecule has 2 rings (SSSR count). The van der Waals surface area contributed by atoms with Crippen LogP contribution in [0.2, 0.25) is 0 Å². The first-order chi connectivity index (χ1) is 7.66. The molecule has 0 spiro atoms. The second kappa shape index (κ2) is 5.25. The van der Waals surface area contributed by atoms with E-state index in [4.69, 9.17) is 0 Å². The molecule has 90 valence electrons. The Bertz CT molecular complexity index is 340. The Kier molecular flexibility index (Phi) is 3.95. The second-order valence-electron chi connectivity index (χ2n) is 4.69. The van der Waals surface area contributed by atoms with Gasteiger partial charge >= 0.3 is 0 Å². The number of aliphatic hydroxyl groups is 1. The maximum Gasteiger partial charge on any atom is 0.0897 e. The molecule has 0 radical (unpaired) electrons.